The third kappa shape index (κ3) is 5.04. The third-order valence-electron chi connectivity index (χ3n) is 3.02. The molecule has 0 heterocycles. The van der Waals surface area contributed by atoms with Crippen LogP contribution in [-0.4, -0.2) is 23.7 Å². The van der Waals surface area contributed by atoms with Crippen molar-refractivity contribution in [2.45, 2.75) is 56.7 Å². The van der Waals surface area contributed by atoms with Crippen LogP contribution in [0.3, 0.4) is 0 Å². The van der Waals surface area contributed by atoms with Crippen LogP contribution in [0.1, 0.15) is 44.9 Å². The lowest BCUT2D eigenvalue weighted by Crippen LogP contribution is -2.37. The fraction of sp³-hybridized carbons (Fsp3) is 1.00. The van der Waals surface area contributed by atoms with Crippen molar-refractivity contribution in [3.8, 4) is 0 Å². The molecule has 0 amide bonds. The van der Waals surface area contributed by atoms with Crippen molar-refractivity contribution < 1.29 is 17.9 Å². The maximum atomic E-state index is 11.9. The first-order valence-corrected chi connectivity index (χ1v) is 6.86. The van der Waals surface area contributed by atoms with Crippen molar-refractivity contribution in [3.63, 3.8) is 0 Å². The Balaban J connectivity index is 2.23. The quantitative estimate of drug-likeness (QED) is 0.539. The Bertz CT molecular complexity index is 200. The average molecular weight is 303 g/mol. The van der Waals surface area contributed by atoms with E-state index in [0.29, 0.717) is 0 Å². The van der Waals surface area contributed by atoms with Crippen LogP contribution in [-0.2, 0) is 4.74 Å². The lowest BCUT2D eigenvalue weighted by molar-refractivity contribution is -0.142. The molecule has 1 aliphatic rings. The van der Waals surface area contributed by atoms with Crippen LogP contribution in [0.15, 0.2) is 0 Å². The van der Waals surface area contributed by atoms with Crippen LogP contribution < -0.4 is 0 Å². The molecule has 0 aromatic heterocycles. The van der Waals surface area contributed by atoms with E-state index in [1.165, 1.54) is 6.42 Å². The highest BCUT2D eigenvalue weighted by molar-refractivity contribution is 9.09. The summed E-state index contributed by atoms with van der Waals surface area (Å²) in [5.41, 5.74) is -0.205. The largest absolute Gasteiger partial charge is 0.389 e. The first-order chi connectivity index (χ1) is 7.47. The molecule has 0 aliphatic heterocycles. The predicted octanol–water partition coefficient (Wildman–Crippen LogP) is 4.44. The van der Waals surface area contributed by atoms with Gasteiger partial charge in [0.15, 0.2) is 0 Å². The van der Waals surface area contributed by atoms with Crippen molar-refractivity contribution in [3.05, 3.63) is 0 Å². The van der Waals surface area contributed by atoms with Gasteiger partial charge in [0.2, 0.25) is 0 Å². The van der Waals surface area contributed by atoms with E-state index in [-0.39, 0.29) is 18.6 Å². The number of hydrogen-bond acceptors (Lipinski definition) is 1. The van der Waals surface area contributed by atoms with Crippen LogP contribution in [0.5, 0.6) is 0 Å². The van der Waals surface area contributed by atoms with Gasteiger partial charge in [-0.2, -0.15) is 13.2 Å². The van der Waals surface area contributed by atoms with Crippen molar-refractivity contribution in [2.75, 3.05) is 11.9 Å². The maximum absolute atomic E-state index is 11.9. The van der Waals surface area contributed by atoms with Crippen LogP contribution in [0.4, 0.5) is 13.2 Å². The normalized spacial score (nSPS) is 21.0. The zero-order valence-corrected chi connectivity index (χ0v) is 10.9. The summed E-state index contributed by atoms with van der Waals surface area (Å²) in [4.78, 5) is 0. The monoisotopic (exact) mass is 302 g/mol. The minimum Gasteiger partial charge on any atom is -0.374 e. The summed E-state index contributed by atoms with van der Waals surface area (Å²) >= 11 is 3.41. The highest BCUT2D eigenvalue weighted by Crippen LogP contribution is 2.33. The van der Waals surface area contributed by atoms with Gasteiger partial charge in [0.1, 0.15) is 0 Å². The van der Waals surface area contributed by atoms with Crippen molar-refractivity contribution >= 4 is 15.9 Å². The highest BCUT2D eigenvalue weighted by Gasteiger charge is 2.32. The van der Waals surface area contributed by atoms with Gasteiger partial charge in [-0.15, -0.1) is 0 Å². The molecule has 0 saturated heterocycles. The second-order valence-electron chi connectivity index (χ2n) is 4.44. The van der Waals surface area contributed by atoms with Crippen LogP contribution in [0, 0.1) is 0 Å². The minimum absolute atomic E-state index is 0.0677. The van der Waals surface area contributed by atoms with Crippen molar-refractivity contribution in [1.29, 1.82) is 0 Å². The van der Waals surface area contributed by atoms with E-state index < -0.39 is 12.6 Å². The van der Waals surface area contributed by atoms with Gasteiger partial charge in [0.25, 0.3) is 0 Å². The average Bonchev–Trinajstić information content (AvgIpc) is 2.25. The Labute approximate surface area is 103 Å². The molecule has 1 aliphatic carbocycles. The van der Waals surface area contributed by atoms with Gasteiger partial charge in [0.05, 0.1) is 5.60 Å². The molecule has 0 atom stereocenters. The highest BCUT2D eigenvalue weighted by atomic mass is 79.9. The summed E-state index contributed by atoms with van der Waals surface area (Å²) in [5, 5.41) is 0.728. The Hall–Kier alpha value is 0.230. The summed E-state index contributed by atoms with van der Waals surface area (Å²) < 4.78 is 41.5. The second kappa shape index (κ2) is 6.24. The second-order valence-corrected chi connectivity index (χ2v) is 5.01. The van der Waals surface area contributed by atoms with Crippen LogP contribution in [0.2, 0.25) is 0 Å². The Morgan fingerprint density at radius 1 is 1.12 bits per heavy atom. The van der Waals surface area contributed by atoms with Gasteiger partial charge in [-0.1, -0.05) is 35.2 Å². The molecule has 1 rings (SSSR count). The maximum Gasteiger partial charge on any atom is 0.389 e. The fourth-order valence-corrected chi connectivity index (χ4v) is 2.80. The molecule has 0 spiro atoms. The number of halogens is 4. The van der Waals surface area contributed by atoms with Crippen molar-refractivity contribution in [2.24, 2.45) is 0 Å². The third-order valence-corrected chi connectivity index (χ3v) is 4.04. The van der Waals surface area contributed by atoms with Gasteiger partial charge in [-0.05, 0) is 19.3 Å². The first-order valence-electron chi connectivity index (χ1n) is 5.74. The molecule has 0 aromatic rings. The summed E-state index contributed by atoms with van der Waals surface area (Å²) in [7, 11) is 0. The van der Waals surface area contributed by atoms with Gasteiger partial charge in [-0.25, -0.2) is 0 Å². The Morgan fingerprint density at radius 3 is 2.25 bits per heavy atom. The molecule has 16 heavy (non-hydrogen) atoms. The molecule has 0 N–H and O–H groups in total. The van der Waals surface area contributed by atoms with Gasteiger partial charge < -0.3 is 4.74 Å². The summed E-state index contributed by atoms with van der Waals surface area (Å²) in [6.45, 7) is 0.213. The summed E-state index contributed by atoms with van der Waals surface area (Å²) in [5.74, 6) is 0. The molecule has 1 nitrogen and oxygen atoms in total. The van der Waals surface area contributed by atoms with Gasteiger partial charge in [0, 0.05) is 18.4 Å². The van der Waals surface area contributed by atoms with Gasteiger partial charge in [-0.3, -0.25) is 0 Å². The van der Waals surface area contributed by atoms with Crippen molar-refractivity contribution in [1.82, 2.24) is 0 Å². The van der Waals surface area contributed by atoms with E-state index in [2.05, 4.69) is 15.9 Å². The van der Waals surface area contributed by atoms with Crippen LogP contribution >= 0.6 is 15.9 Å². The summed E-state index contributed by atoms with van der Waals surface area (Å²) in [6, 6.07) is 0. The van der Waals surface area contributed by atoms with E-state index in [0.717, 1.165) is 31.0 Å². The zero-order valence-electron chi connectivity index (χ0n) is 9.28. The van der Waals surface area contributed by atoms with Gasteiger partial charge >= 0.3 is 6.18 Å². The topological polar surface area (TPSA) is 9.23 Å². The smallest absolute Gasteiger partial charge is 0.374 e. The molecule has 1 fully saturated rings. The van der Waals surface area contributed by atoms with E-state index >= 15 is 0 Å². The first kappa shape index (κ1) is 14.3. The number of ether oxygens (including phenoxy) is 1. The summed E-state index contributed by atoms with van der Waals surface area (Å²) in [6.07, 6.45) is 0.631. The number of hydrogen-bond donors (Lipinski definition) is 0. The lowest BCUT2D eigenvalue weighted by atomic mass is 9.86. The number of alkyl halides is 4. The Kier molecular flexibility index (Phi) is 5.57. The molecule has 0 radical (unpaired) electrons. The van der Waals surface area contributed by atoms with E-state index in [1.807, 2.05) is 0 Å². The standard InChI is InChI=1S/C11H18BrF3O/c12-9-10(5-2-1-3-6-10)16-8-4-7-11(13,14)15/h1-9H2. The van der Waals surface area contributed by atoms with Crippen LogP contribution in [0.25, 0.3) is 0 Å². The molecule has 96 valence electrons. The minimum atomic E-state index is -4.06. The molecule has 5 heteroatoms. The Morgan fingerprint density at radius 2 is 1.75 bits per heavy atom. The molecule has 0 unspecified atom stereocenters. The molecule has 1 saturated carbocycles. The SMILES string of the molecule is FC(F)(F)CCCOC1(CBr)CCCCC1. The number of rotatable bonds is 5. The van der Waals surface area contributed by atoms with E-state index in [4.69, 9.17) is 4.74 Å². The molecular formula is C11H18BrF3O. The molecule has 0 aromatic carbocycles. The lowest BCUT2D eigenvalue weighted by Gasteiger charge is -2.35. The predicted molar refractivity (Wildman–Crippen MR) is 60.9 cm³/mol. The van der Waals surface area contributed by atoms with E-state index in [1.54, 1.807) is 0 Å². The molecular weight excluding hydrogens is 285 g/mol. The zero-order chi connectivity index (χ0) is 12.1. The molecule has 0 bridgehead atoms. The fourth-order valence-electron chi connectivity index (χ4n) is 2.07. The van der Waals surface area contributed by atoms with E-state index in [9.17, 15) is 13.2 Å².